The Kier molecular flexibility index (Phi) is 10.5. The van der Waals surface area contributed by atoms with E-state index >= 15 is 0 Å². The van der Waals surface area contributed by atoms with Gasteiger partial charge in [0.2, 0.25) is 0 Å². The second-order valence-electron chi connectivity index (χ2n) is 21.9. The minimum atomic E-state index is -3.39. The van der Waals surface area contributed by atoms with E-state index in [0.29, 0.717) is 50.4 Å². The van der Waals surface area contributed by atoms with Crippen molar-refractivity contribution in [2.45, 2.75) is 144 Å². The molecule has 5 heteroatoms. The van der Waals surface area contributed by atoms with Gasteiger partial charge in [0.15, 0.2) is 0 Å². The summed E-state index contributed by atoms with van der Waals surface area (Å²) in [5, 5.41) is 12.5. The molecule has 2 heterocycles. The van der Waals surface area contributed by atoms with Crippen LogP contribution in [0, 0.1) is 6.07 Å². The molecule has 6 aromatic carbocycles. The van der Waals surface area contributed by atoms with Gasteiger partial charge in [0.25, 0.3) is 0 Å². The Labute approximate surface area is 443 Å². The van der Waals surface area contributed by atoms with Crippen molar-refractivity contribution in [3.8, 4) is 67.5 Å². The van der Waals surface area contributed by atoms with Gasteiger partial charge in [-0.15, -0.1) is 29.3 Å². The van der Waals surface area contributed by atoms with Gasteiger partial charge in [-0.2, -0.15) is 0 Å². The molecule has 0 aliphatic heterocycles. The molecule has 0 spiro atoms. The number of hydrogen-bond donors (Lipinski definition) is 1. The van der Waals surface area contributed by atoms with E-state index in [4.69, 9.17) is 22.3 Å². The molecule has 8 aromatic rings. The van der Waals surface area contributed by atoms with E-state index in [1.54, 1.807) is 46.0 Å². The fourth-order valence-corrected chi connectivity index (χ4v) is 8.75. The normalized spacial score (nSPS) is 15.8. The van der Waals surface area contributed by atoms with Crippen LogP contribution in [0.25, 0.3) is 72.7 Å². The molecule has 360 valence electrons. The molecule has 4 nitrogen and oxygen atoms in total. The molecule has 8 rings (SSSR count). The SMILES string of the molecule is [2H]C(C)(C)c1cc(-c2nc3c(-c4[c-]c(-c5cc(-c6ccc(C(C([2H])([2H])[2H])(C([2H])([2H])[2H])C([2H])([2H])[2H])cc6)ccn5)cc(C(C)(C)C)c4)cccc3n2-c2ccc(C(C)(C)C)cc2-c2ccc(C(C)(C)C)cc2)c(O)c(C([2H])(C)C)c1.[Pt]. The van der Waals surface area contributed by atoms with Crippen LogP contribution in [0.4, 0.5) is 0 Å². The van der Waals surface area contributed by atoms with Crippen LogP contribution in [0.1, 0.15) is 171 Å². The Hall–Kier alpha value is -5.57. The summed E-state index contributed by atoms with van der Waals surface area (Å²) in [7, 11) is 0. The predicted octanol–water partition coefficient (Wildman–Crippen LogP) is 17.7. The average Bonchev–Trinajstić information content (AvgIpc) is 3.71. The van der Waals surface area contributed by atoms with E-state index < -0.39 is 37.8 Å². The molecule has 69 heavy (non-hydrogen) atoms. The number of aromatic nitrogens is 3. The standard InChI is InChI=1S/C64H72N3O.Pt/c1-39(2)44-35-52(40(3)4)59(68)54(36-44)60-66-58-51(18-17-19-57(58)67(60)56-29-28-49(63(11,12)13)38-53(56)42-22-26-48(27-23-42)62(8,9)10)45-32-46(34-50(33-45)64(14,15)16)55-37-43(30-31-65-55)41-20-24-47(25-21-41)61(5,6)7;/h17-31,33-40,68H,1-16H3;/q-1;/i5D3,6D3,7D3,39D,40D;. The molecular weight excluding hydrogens is 1020 g/mol. The number of aromatic hydroxyl groups is 1. The zero-order chi connectivity index (χ0) is 58.6. The van der Waals surface area contributed by atoms with E-state index in [2.05, 4.69) is 121 Å². The van der Waals surface area contributed by atoms with Crippen molar-refractivity contribution in [1.29, 1.82) is 0 Å². The molecule has 0 atom stereocenters. The summed E-state index contributed by atoms with van der Waals surface area (Å²) in [6, 6.07) is 41.9. The van der Waals surface area contributed by atoms with Crippen molar-refractivity contribution in [2.75, 3.05) is 0 Å². The number of phenolic OH excluding ortho intramolecular Hbond substituents is 1. The van der Waals surface area contributed by atoms with Gasteiger partial charge in [0, 0.05) is 53.6 Å². The Morgan fingerprint density at radius 1 is 0.565 bits per heavy atom. The van der Waals surface area contributed by atoms with Crippen molar-refractivity contribution in [1.82, 2.24) is 14.5 Å². The number of para-hydroxylation sites is 1. The molecular formula is C64H72N3OPt-. The first kappa shape index (κ1) is 38.2. The topological polar surface area (TPSA) is 50.9 Å². The third-order valence-electron chi connectivity index (χ3n) is 13.0. The maximum absolute atomic E-state index is 12.5. The molecule has 0 saturated heterocycles. The first-order valence-corrected chi connectivity index (χ1v) is 23.5. The Morgan fingerprint density at radius 2 is 1.16 bits per heavy atom. The summed E-state index contributed by atoms with van der Waals surface area (Å²) in [5.41, 5.74) is 8.61. The second kappa shape index (κ2) is 19.0. The van der Waals surface area contributed by atoms with Crippen LogP contribution in [0.2, 0.25) is 0 Å². The molecule has 0 unspecified atom stereocenters. The molecule has 0 amide bonds. The van der Waals surface area contributed by atoms with Gasteiger partial charge in [0.1, 0.15) is 11.6 Å². The summed E-state index contributed by atoms with van der Waals surface area (Å²) >= 11 is 0. The summed E-state index contributed by atoms with van der Waals surface area (Å²) in [6.45, 7) is 16.4. The van der Waals surface area contributed by atoms with Crippen LogP contribution < -0.4 is 0 Å². The summed E-state index contributed by atoms with van der Waals surface area (Å²) in [4.78, 5) is 10.4. The van der Waals surface area contributed by atoms with Crippen LogP contribution in [0.15, 0.2) is 128 Å². The Morgan fingerprint density at radius 3 is 1.75 bits per heavy atom. The van der Waals surface area contributed by atoms with E-state index in [1.165, 1.54) is 29.8 Å². The minimum absolute atomic E-state index is 0. The van der Waals surface area contributed by atoms with Crippen LogP contribution in [-0.4, -0.2) is 19.6 Å². The van der Waals surface area contributed by atoms with Gasteiger partial charge in [-0.05, 0) is 108 Å². The molecule has 0 fully saturated rings. The number of imidazole rings is 1. The summed E-state index contributed by atoms with van der Waals surface area (Å²) in [6.07, 6.45) is 1.65. The Balaban J connectivity index is 0.00000924. The first-order chi connectivity index (χ1) is 36.1. The summed E-state index contributed by atoms with van der Waals surface area (Å²) < 4.78 is 94.6. The third-order valence-corrected chi connectivity index (χ3v) is 13.0. The number of hydrogen-bond acceptors (Lipinski definition) is 3. The molecule has 0 saturated carbocycles. The van der Waals surface area contributed by atoms with Crippen molar-refractivity contribution in [3.63, 3.8) is 0 Å². The molecule has 2 aromatic heterocycles. The van der Waals surface area contributed by atoms with E-state index in [-0.39, 0.29) is 48.6 Å². The second-order valence-corrected chi connectivity index (χ2v) is 21.9. The molecule has 0 radical (unpaired) electrons. The van der Waals surface area contributed by atoms with Gasteiger partial charge in [-0.3, -0.25) is 9.55 Å². The minimum Gasteiger partial charge on any atom is -0.507 e. The average molecular weight is 1110 g/mol. The van der Waals surface area contributed by atoms with Gasteiger partial charge in [-0.1, -0.05) is 201 Å². The number of pyridine rings is 1. The smallest absolute Gasteiger partial charge is 0.148 e. The van der Waals surface area contributed by atoms with Gasteiger partial charge in [-0.25, -0.2) is 4.98 Å². The van der Waals surface area contributed by atoms with Crippen LogP contribution in [-0.2, 0) is 42.7 Å². The molecule has 0 aliphatic rings. The van der Waals surface area contributed by atoms with Crippen molar-refractivity contribution < 1.29 is 41.3 Å². The maximum atomic E-state index is 12.5. The number of fused-ring (bicyclic) bond motifs is 1. The summed E-state index contributed by atoms with van der Waals surface area (Å²) in [5.74, 6) is -2.01. The Bertz CT molecular complexity index is 3560. The fraction of sp³-hybridized carbons (Fsp3) is 0.344. The number of phenols is 1. The zero-order valence-corrected chi connectivity index (χ0v) is 44.5. The molecule has 0 bridgehead atoms. The van der Waals surface area contributed by atoms with Gasteiger partial charge >= 0.3 is 0 Å². The van der Waals surface area contributed by atoms with E-state index in [1.807, 2.05) is 36.4 Å². The number of benzene rings is 6. The zero-order valence-electron chi connectivity index (χ0n) is 53.2. The van der Waals surface area contributed by atoms with Crippen molar-refractivity contribution >= 4 is 11.0 Å². The van der Waals surface area contributed by atoms with Crippen LogP contribution >= 0.6 is 0 Å². The van der Waals surface area contributed by atoms with Gasteiger partial charge in [0.05, 0.1) is 22.3 Å². The van der Waals surface area contributed by atoms with E-state index in [9.17, 15) is 7.85 Å². The third kappa shape index (κ3) is 10.5. The van der Waals surface area contributed by atoms with Crippen LogP contribution in [0.5, 0.6) is 5.75 Å². The van der Waals surface area contributed by atoms with Gasteiger partial charge < -0.3 is 5.11 Å². The van der Waals surface area contributed by atoms with Crippen LogP contribution in [0.3, 0.4) is 0 Å². The number of nitrogens with zero attached hydrogens (tertiary/aromatic N) is 3. The fourth-order valence-electron chi connectivity index (χ4n) is 8.75. The molecule has 1 N–H and O–H groups in total. The maximum Gasteiger partial charge on any atom is 0.148 e. The van der Waals surface area contributed by atoms with Crippen molar-refractivity contribution in [3.05, 3.63) is 167 Å². The largest absolute Gasteiger partial charge is 0.507 e. The number of rotatable bonds is 8. The first-order valence-electron chi connectivity index (χ1n) is 29.0. The molecule has 0 aliphatic carbocycles. The monoisotopic (exact) mass is 1100 g/mol. The quantitative estimate of drug-likeness (QED) is 0.154. The van der Waals surface area contributed by atoms with Crippen molar-refractivity contribution in [2.24, 2.45) is 0 Å². The predicted molar refractivity (Wildman–Crippen MR) is 290 cm³/mol. The van der Waals surface area contributed by atoms with E-state index in [0.717, 1.165) is 44.6 Å².